The molecule has 0 radical (unpaired) electrons. The molecule has 4 heteroatoms. The summed E-state index contributed by atoms with van der Waals surface area (Å²) in [6.07, 6.45) is 1.84. The standard InChI is InChI=1S/C13H15BrN2O/c1-10(2)16-11(8-15-13(16)14)9-17-12-6-4-3-5-7-12/h3-8,10H,9H2,1-2H3. The van der Waals surface area contributed by atoms with Gasteiger partial charge >= 0.3 is 0 Å². The van der Waals surface area contributed by atoms with Crippen LogP contribution in [-0.4, -0.2) is 9.55 Å². The summed E-state index contributed by atoms with van der Waals surface area (Å²) in [6.45, 7) is 4.78. The average Bonchev–Trinajstić information content (AvgIpc) is 2.69. The van der Waals surface area contributed by atoms with Gasteiger partial charge in [-0.15, -0.1) is 0 Å². The molecule has 0 unspecified atom stereocenters. The van der Waals surface area contributed by atoms with E-state index in [0.29, 0.717) is 12.6 Å². The van der Waals surface area contributed by atoms with Crippen molar-refractivity contribution in [2.24, 2.45) is 0 Å². The lowest BCUT2D eigenvalue weighted by Crippen LogP contribution is -2.08. The lowest BCUT2D eigenvalue weighted by Gasteiger charge is -2.13. The third-order valence-corrected chi connectivity index (χ3v) is 3.06. The highest BCUT2D eigenvalue weighted by Gasteiger charge is 2.10. The van der Waals surface area contributed by atoms with Crippen LogP contribution in [0.5, 0.6) is 5.75 Å². The molecule has 0 amide bonds. The van der Waals surface area contributed by atoms with E-state index in [-0.39, 0.29) is 0 Å². The molecule has 0 saturated heterocycles. The van der Waals surface area contributed by atoms with Gasteiger partial charge in [0.15, 0.2) is 4.73 Å². The van der Waals surface area contributed by atoms with Crippen LogP contribution in [0.3, 0.4) is 0 Å². The minimum absolute atomic E-state index is 0.362. The van der Waals surface area contributed by atoms with Crippen LogP contribution in [-0.2, 0) is 6.61 Å². The second-order valence-corrected chi connectivity index (χ2v) is 4.79. The first kappa shape index (κ1) is 12.2. The molecule has 0 fully saturated rings. The summed E-state index contributed by atoms with van der Waals surface area (Å²) < 4.78 is 8.68. The Bertz CT molecular complexity index is 479. The van der Waals surface area contributed by atoms with E-state index in [4.69, 9.17) is 4.74 Å². The van der Waals surface area contributed by atoms with Crippen molar-refractivity contribution >= 4 is 15.9 Å². The minimum atomic E-state index is 0.362. The van der Waals surface area contributed by atoms with Crippen LogP contribution in [0.4, 0.5) is 0 Å². The molecule has 2 aromatic rings. The molecule has 3 nitrogen and oxygen atoms in total. The Morgan fingerprint density at radius 3 is 2.65 bits per heavy atom. The molecule has 0 aliphatic carbocycles. The fraction of sp³-hybridized carbons (Fsp3) is 0.308. The van der Waals surface area contributed by atoms with Gasteiger partial charge in [-0.3, -0.25) is 0 Å². The lowest BCUT2D eigenvalue weighted by molar-refractivity contribution is 0.291. The second-order valence-electron chi connectivity index (χ2n) is 4.08. The molecule has 0 N–H and O–H groups in total. The van der Waals surface area contributed by atoms with Crippen LogP contribution < -0.4 is 4.74 Å². The van der Waals surface area contributed by atoms with Crippen molar-refractivity contribution in [3.05, 3.63) is 47.0 Å². The van der Waals surface area contributed by atoms with Crippen LogP contribution in [0.15, 0.2) is 41.3 Å². The summed E-state index contributed by atoms with van der Waals surface area (Å²) in [7, 11) is 0. The molecule has 0 atom stereocenters. The van der Waals surface area contributed by atoms with Crippen molar-refractivity contribution in [1.82, 2.24) is 9.55 Å². The van der Waals surface area contributed by atoms with Crippen molar-refractivity contribution in [3.63, 3.8) is 0 Å². The molecular weight excluding hydrogens is 280 g/mol. The van der Waals surface area contributed by atoms with Crippen LogP contribution in [0.25, 0.3) is 0 Å². The molecule has 1 aromatic heterocycles. The maximum atomic E-state index is 5.71. The van der Waals surface area contributed by atoms with Gasteiger partial charge in [-0.05, 0) is 41.9 Å². The fourth-order valence-corrected chi connectivity index (χ4v) is 2.44. The molecule has 90 valence electrons. The number of imidazole rings is 1. The number of benzene rings is 1. The Balaban J connectivity index is 2.09. The van der Waals surface area contributed by atoms with Gasteiger partial charge in [-0.2, -0.15) is 0 Å². The van der Waals surface area contributed by atoms with Gasteiger partial charge in [0, 0.05) is 6.04 Å². The normalized spacial score (nSPS) is 10.8. The van der Waals surface area contributed by atoms with E-state index in [9.17, 15) is 0 Å². The Morgan fingerprint density at radius 1 is 1.29 bits per heavy atom. The highest BCUT2D eigenvalue weighted by molar-refractivity contribution is 9.10. The van der Waals surface area contributed by atoms with E-state index in [2.05, 4.69) is 39.3 Å². The number of hydrogen-bond acceptors (Lipinski definition) is 2. The first-order chi connectivity index (χ1) is 8.18. The number of halogens is 1. The van der Waals surface area contributed by atoms with Crippen LogP contribution in [0.1, 0.15) is 25.6 Å². The fourth-order valence-electron chi connectivity index (χ4n) is 1.70. The summed E-state index contributed by atoms with van der Waals surface area (Å²) in [4.78, 5) is 4.25. The lowest BCUT2D eigenvalue weighted by atomic mass is 10.3. The van der Waals surface area contributed by atoms with Crippen molar-refractivity contribution < 1.29 is 4.74 Å². The zero-order chi connectivity index (χ0) is 12.3. The van der Waals surface area contributed by atoms with Crippen molar-refractivity contribution in [2.45, 2.75) is 26.5 Å². The summed E-state index contributed by atoms with van der Waals surface area (Å²) in [5.74, 6) is 0.875. The molecule has 0 saturated carbocycles. The van der Waals surface area contributed by atoms with Gasteiger partial charge in [-0.25, -0.2) is 4.98 Å². The smallest absolute Gasteiger partial charge is 0.177 e. The van der Waals surface area contributed by atoms with E-state index in [1.807, 2.05) is 36.5 Å². The zero-order valence-electron chi connectivity index (χ0n) is 9.93. The van der Waals surface area contributed by atoms with E-state index in [1.54, 1.807) is 0 Å². The molecule has 0 aliphatic rings. The predicted molar refractivity (Wildman–Crippen MR) is 71.1 cm³/mol. The first-order valence-corrected chi connectivity index (χ1v) is 6.37. The van der Waals surface area contributed by atoms with Crippen LogP contribution in [0, 0.1) is 0 Å². The van der Waals surface area contributed by atoms with Gasteiger partial charge in [0.2, 0.25) is 0 Å². The van der Waals surface area contributed by atoms with E-state index in [0.717, 1.165) is 16.2 Å². The zero-order valence-corrected chi connectivity index (χ0v) is 11.5. The van der Waals surface area contributed by atoms with Gasteiger partial charge < -0.3 is 9.30 Å². The van der Waals surface area contributed by atoms with E-state index >= 15 is 0 Å². The van der Waals surface area contributed by atoms with Gasteiger partial charge in [0.05, 0.1) is 11.9 Å². The summed E-state index contributed by atoms with van der Waals surface area (Å²) in [6, 6.07) is 10.2. The molecule has 2 rings (SSSR count). The predicted octanol–water partition coefficient (Wildman–Crippen LogP) is 3.81. The average molecular weight is 295 g/mol. The van der Waals surface area contributed by atoms with E-state index in [1.165, 1.54) is 0 Å². The first-order valence-electron chi connectivity index (χ1n) is 5.58. The highest BCUT2D eigenvalue weighted by Crippen LogP contribution is 2.20. The number of aromatic nitrogens is 2. The van der Waals surface area contributed by atoms with Gasteiger partial charge in [0.1, 0.15) is 12.4 Å². The molecule has 0 aliphatic heterocycles. The number of rotatable bonds is 4. The Labute approximate surface area is 110 Å². The Kier molecular flexibility index (Phi) is 3.84. The number of ether oxygens (including phenoxy) is 1. The summed E-state index contributed by atoms with van der Waals surface area (Å²) >= 11 is 3.44. The van der Waals surface area contributed by atoms with Gasteiger partial charge in [0.25, 0.3) is 0 Å². The second kappa shape index (κ2) is 5.36. The molecular formula is C13H15BrN2O. The topological polar surface area (TPSA) is 27.1 Å². The van der Waals surface area contributed by atoms with Crippen molar-refractivity contribution in [1.29, 1.82) is 0 Å². The maximum Gasteiger partial charge on any atom is 0.177 e. The molecule has 0 spiro atoms. The number of nitrogens with zero attached hydrogens (tertiary/aromatic N) is 2. The van der Waals surface area contributed by atoms with E-state index < -0.39 is 0 Å². The third-order valence-electron chi connectivity index (χ3n) is 2.47. The minimum Gasteiger partial charge on any atom is -0.487 e. The molecule has 1 aromatic carbocycles. The third kappa shape index (κ3) is 2.88. The Hall–Kier alpha value is -1.29. The number of para-hydroxylation sites is 1. The largest absolute Gasteiger partial charge is 0.487 e. The molecule has 0 bridgehead atoms. The van der Waals surface area contributed by atoms with Crippen molar-refractivity contribution in [2.75, 3.05) is 0 Å². The molecule has 1 heterocycles. The van der Waals surface area contributed by atoms with Gasteiger partial charge in [-0.1, -0.05) is 18.2 Å². The Morgan fingerprint density at radius 2 is 2.00 bits per heavy atom. The maximum absolute atomic E-state index is 5.71. The highest BCUT2D eigenvalue weighted by atomic mass is 79.9. The van der Waals surface area contributed by atoms with Crippen molar-refractivity contribution in [3.8, 4) is 5.75 Å². The summed E-state index contributed by atoms with van der Waals surface area (Å²) in [5, 5.41) is 0. The monoisotopic (exact) mass is 294 g/mol. The van der Waals surface area contributed by atoms with Crippen LogP contribution >= 0.6 is 15.9 Å². The molecule has 17 heavy (non-hydrogen) atoms. The number of hydrogen-bond donors (Lipinski definition) is 0. The SMILES string of the molecule is CC(C)n1c(COc2ccccc2)cnc1Br. The summed E-state index contributed by atoms with van der Waals surface area (Å²) in [5.41, 5.74) is 1.07. The quantitative estimate of drug-likeness (QED) is 0.857. The van der Waals surface area contributed by atoms with Crippen LogP contribution in [0.2, 0.25) is 0 Å².